The molecule has 10 rings (SSSR count). The Bertz CT molecular complexity index is 2790. The zero-order valence-electron chi connectivity index (χ0n) is 24.7. The molecule has 0 amide bonds. The van der Waals surface area contributed by atoms with E-state index in [1.165, 1.54) is 5.56 Å². The van der Waals surface area contributed by atoms with Crippen molar-refractivity contribution >= 4 is 65.6 Å². The van der Waals surface area contributed by atoms with Gasteiger partial charge in [0.2, 0.25) is 0 Å². The molecule has 3 heterocycles. The third-order valence-corrected chi connectivity index (χ3v) is 9.17. The summed E-state index contributed by atoms with van der Waals surface area (Å²) in [4.78, 5) is 10.6. The van der Waals surface area contributed by atoms with E-state index in [0.717, 1.165) is 88.2 Å². The van der Waals surface area contributed by atoms with E-state index in [2.05, 4.69) is 120 Å². The summed E-state index contributed by atoms with van der Waals surface area (Å²) in [5.74, 6) is 0.790. The maximum absolute atomic E-state index is 6.87. The minimum atomic E-state index is 0.790. The molecule has 0 aliphatic rings. The quantitative estimate of drug-likeness (QED) is 0.207. The molecule has 10 aromatic rings. The Kier molecular flexibility index (Phi) is 5.25. The highest BCUT2D eigenvalue weighted by atomic mass is 16.3. The van der Waals surface area contributed by atoms with Crippen LogP contribution in [0.2, 0.25) is 0 Å². The lowest BCUT2D eigenvalue weighted by Gasteiger charge is -2.14. The number of rotatable bonds is 3. The van der Waals surface area contributed by atoms with Crippen LogP contribution in [-0.4, -0.2) is 14.5 Å². The molecule has 4 nitrogen and oxygen atoms in total. The summed E-state index contributed by atoms with van der Waals surface area (Å²) < 4.78 is 9.17. The molecule has 0 N–H and O–H groups in total. The SMILES string of the molecule is c1ccc(-c2ccc(-c3nc4ccccc4nc3-n3c4cccc5c6ccccc6oc6c7ccccc7cc3c6c54)cc2)cc1. The number of fused-ring (bicyclic) bond motifs is 5. The van der Waals surface area contributed by atoms with Crippen molar-refractivity contribution in [2.24, 2.45) is 0 Å². The molecule has 0 saturated carbocycles. The highest BCUT2D eigenvalue weighted by Gasteiger charge is 2.24. The molecule has 0 saturated heterocycles. The van der Waals surface area contributed by atoms with Gasteiger partial charge < -0.3 is 4.42 Å². The van der Waals surface area contributed by atoms with Gasteiger partial charge in [-0.3, -0.25) is 4.57 Å². The average Bonchev–Trinajstić information content (AvgIpc) is 3.36. The summed E-state index contributed by atoms with van der Waals surface area (Å²) >= 11 is 0. The molecule has 46 heavy (non-hydrogen) atoms. The Morgan fingerprint density at radius 3 is 1.96 bits per heavy atom. The van der Waals surface area contributed by atoms with E-state index in [1.807, 2.05) is 36.4 Å². The molecule has 4 heteroatoms. The van der Waals surface area contributed by atoms with Crippen LogP contribution in [0, 0.1) is 0 Å². The van der Waals surface area contributed by atoms with Crippen molar-refractivity contribution in [2.45, 2.75) is 0 Å². The molecule has 0 fully saturated rings. The molecule has 0 aliphatic carbocycles. The van der Waals surface area contributed by atoms with E-state index in [0.29, 0.717) is 0 Å². The van der Waals surface area contributed by atoms with Gasteiger partial charge in [0.05, 0.1) is 27.5 Å². The molecule has 3 aromatic heterocycles. The molecule has 0 spiro atoms. The van der Waals surface area contributed by atoms with Crippen LogP contribution in [0.25, 0.3) is 93.8 Å². The molecular weight excluding hydrogens is 562 g/mol. The van der Waals surface area contributed by atoms with Gasteiger partial charge in [-0.15, -0.1) is 0 Å². The fraction of sp³-hybridized carbons (Fsp3) is 0. The fourth-order valence-corrected chi connectivity index (χ4v) is 7.08. The summed E-state index contributed by atoms with van der Waals surface area (Å²) in [5.41, 5.74) is 9.73. The fourth-order valence-electron chi connectivity index (χ4n) is 7.08. The van der Waals surface area contributed by atoms with Crippen molar-refractivity contribution in [3.05, 3.63) is 152 Å². The number of hydrogen-bond acceptors (Lipinski definition) is 3. The number of para-hydroxylation sites is 3. The van der Waals surface area contributed by atoms with Gasteiger partial charge in [0.15, 0.2) is 5.82 Å². The van der Waals surface area contributed by atoms with Gasteiger partial charge in [-0.2, -0.15) is 0 Å². The monoisotopic (exact) mass is 587 g/mol. The Balaban J connectivity index is 1.36. The number of nitrogens with zero attached hydrogens (tertiary/aromatic N) is 3. The van der Waals surface area contributed by atoms with Crippen molar-refractivity contribution in [3.8, 4) is 28.2 Å². The van der Waals surface area contributed by atoms with E-state index in [-0.39, 0.29) is 0 Å². The number of aromatic nitrogens is 3. The van der Waals surface area contributed by atoms with Crippen molar-refractivity contribution in [3.63, 3.8) is 0 Å². The lowest BCUT2D eigenvalue weighted by Crippen LogP contribution is -2.03. The maximum Gasteiger partial charge on any atom is 0.165 e. The first-order valence-corrected chi connectivity index (χ1v) is 15.5. The molecule has 214 valence electrons. The van der Waals surface area contributed by atoms with Crippen LogP contribution in [0.3, 0.4) is 0 Å². The summed E-state index contributed by atoms with van der Waals surface area (Å²) in [6.45, 7) is 0. The van der Waals surface area contributed by atoms with Gasteiger partial charge in [0.25, 0.3) is 0 Å². The highest BCUT2D eigenvalue weighted by molar-refractivity contribution is 6.30. The lowest BCUT2D eigenvalue weighted by molar-refractivity contribution is 0.667. The van der Waals surface area contributed by atoms with Gasteiger partial charge in [-0.25, -0.2) is 9.97 Å². The van der Waals surface area contributed by atoms with Crippen LogP contribution in [0.5, 0.6) is 0 Å². The summed E-state index contributed by atoms with van der Waals surface area (Å²) in [6, 6.07) is 52.8. The molecule has 0 radical (unpaired) electrons. The number of hydrogen-bond donors (Lipinski definition) is 0. The van der Waals surface area contributed by atoms with Gasteiger partial charge >= 0.3 is 0 Å². The van der Waals surface area contributed by atoms with Gasteiger partial charge in [-0.05, 0) is 52.2 Å². The normalized spacial score (nSPS) is 11.9. The predicted molar refractivity (Wildman–Crippen MR) is 190 cm³/mol. The number of benzene rings is 7. The van der Waals surface area contributed by atoms with E-state index < -0.39 is 0 Å². The van der Waals surface area contributed by atoms with Crippen LogP contribution in [0.4, 0.5) is 0 Å². The minimum Gasteiger partial charge on any atom is -0.455 e. The van der Waals surface area contributed by atoms with E-state index >= 15 is 0 Å². The van der Waals surface area contributed by atoms with Crippen molar-refractivity contribution in [1.82, 2.24) is 14.5 Å². The Hall–Kier alpha value is -6.26. The van der Waals surface area contributed by atoms with Gasteiger partial charge in [0.1, 0.15) is 16.9 Å². The summed E-state index contributed by atoms with van der Waals surface area (Å²) in [6.07, 6.45) is 0. The largest absolute Gasteiger partial charge is 0.455 e. The lowest BCUT2D eigenvalue weighted by atomic mass is 10.0. The zero-order chi connectivity index (χ0) is 30.2. The van der Waals surface area contributed by atoms with Crippen LogP contribution in [0.1, 0.15) is 0 Å². The Morgan fingerprint density at radius 2 is 1.11 bits per heavy atom. The van der Waals surface area contributed by atoms with Crippen molar-refractivity contribution in [2.75, 3.05) is 0 Å². The third-order valence-electron chi connectivity index (χ3n) is 9.17. The predicted octanol–water partition coefficient (Wildman–Crippen LogP) is 11.1. The van der Waals surface area contributed by atoms with Crippen LogP contribution in [-0.2, 0) is 0 Å². The Labute approximate surface area is 263 Å². The topological polar surface area (TPSA) is 43.9 Å². The van der Waals surface area contributed by atoms with Crippen molar-refractivity contribution < 1.29 is 4.42 Å². The van der Waals surface area contributed by atoms with Gasteiger partial charge in [0, 0.05) is 21.7 Å². The van der Waals surface area contributed by atoms with Crippen molar-refractivity contribution in [1.29, 1.82) is 0 Å². The maximum atomic E-state index is 6.87. The second kappa shape index (κ2) is 9.62. The van der Waals surface area contributed by atoms with E-state index in [9.17, 15) is 0 Å². The molecule has 0 unspecified atom stereocenters. The van der Waals surface area contributed by atoms with E-state index in [4.69, 9.17) is 14.4 Å². The van der Waals surface area contributed by atoms with Crippen LogP contribution >= 0.6 is 0 Å². The second-order valence-corrected chi connectivity index (χ2v) is 11.8. The molecule has 0 aliphatic heterocycles. The van der Waals surface area contributed by atoms with E-state index in [1.54, 1.807) is 0 Å². The summed E-state index contributed by atoms with van der Waals surface area (Å²) in [7, 11) is 0. The third kappa shape index (κ3) is 3.61. The standard InChI is InChI=1S/C42H25N3O/c1-2-11-26(12-3-1)27-21-23-28(24-22-27)40-42(44-34-18-8-7-17-33(34)43-40)45-35-19-10-16-32-31-15-6-9-20-37(31)46-41-30-14-5-4-13-29(30)25-36(45)39(41)38(32)35/h1-25H. The Morgan fingerprint density at radius 1 is 0.457 bits per heavy atom. The first kappa shape index (κ1) is 25.1. The van der Waals surface area contributed by atoms with Gasteiger partial charge in [-0.1, -0.05) is 121 Å². The second-order valence-electron chi connectivity index (χ2n) is 11.8. The highest BCUT2D eigenvalue weighted by Crippen LogP contribution is 2.44. The molecule has 0 atom stereocenters. The molecular formula is C42H25N3O. The average molecular weight is 588 g/mol. The van der Waals surface area contributed by atoms with Crippen LogP contribution < -0.4 is 0 Å². The molecule has 7 aromatic carbocycles. The summed E-state index contributed by atoms with van der Waals surface area (Å²) in [5, 5.41) is 6.66. The molecule has 0 bridgehead atoms. The minimum absolute atomic E-state index is 0.790. The van der Waals surface area contributed by atoms with Crippen LogP contribution in [0.15, 0.2) is 156 Å². The smallest absolute Gasteiger partial charge is 0.165 e. The zero-order valence-corrected chi connectivity index (χ0v) is 24.7. The first-order chi connectivity index (χ1) is 22.8. The first-order valence-electron chi connectivity index (χ1n) is 15.5.